The van der Waals surface area contributed by atoms with Gasteiger partial charge in [-0.3, -0.25) is 9.59 Å². The molecule has 6 heteroatoms. The third-order valence-electron chi connectivity index (χ3n) is 2.78. The SMILES string of the molecule is CC1CSCCN1C(=O)C1=NNC(=O)CC1. The summed E-state index contributed by atoms with van der Waals surface area (Å²) >= 11 is 1.87. The van der Waals surface area contributed by atoms with Crippen LogP contribution in [0.25, 0.3) is 0 Å². The van der Waals surface area contributed by atoms with Crippen LogP contribution in [0.3, 0.4) is 0 Å². The number of thioether (sulfide) groups is 1. The minimum atomic E-state index is -0.112. The molecule has 1 N–H and O–H groups in total. The van der Waals surface area contributed by atoms with Gasteiger partial charge in [0.2, 0.25) is 5.91 Å². The van der Waals surface area contributed by atoms with E-state index in [1.54, 1.807) is 0 Å². The zero-order chi connectivity index (χ0) is 11.5. The molecule has 88 valence electrons. The molecule has 16 heavy (non-hydrogen) atoms. The maximum atomic E-state index is 12.1. The summed E-state index contributed by atoms with van der Waals surface area (Å²) < 4.78 is 0. The Balaban J connectivity index is 2.03. The van der Waals surface area contributed by atoms with Gasteiger partial charge in [-0.2, -0.15) is 16.9 Å². The summed E-state index contributed by atoms with van der Waals surface area (Å²) in [6, 6.07) is 0.256. The van der Waals surface area contributed by atoms with Gasteiger partial charge in [-0.05, 0) is 6.92 Å². The van der Waals surface area contributed by atoms with Crippen LogP contribution in [0.5, 0.6) is 0 Å². The van der Waals surface area contributed by atoms with E-state index >= 15 is 0 Å². The lowest BCUT2D eigenvalue weighted by Gasteiger charge is -2.33. The van der Waals surface area contributed by atoms with Crippen LogP contribution < -0.4 is 5.43 Å². The molecule has 1 fully saturated rings. The number of hydrazone groups is 1. The first-order chi connectivity index (χ1) is 7.68. The van der Waals surface area contributed by atoms with Crippen molar-refractivity contribution in [3.8, 4) is 0 Å². The summed E-state index contributed by atoms with van der Waals surface area (Å²) in [5.41, 5.74) is 2.85. The predicted molar refractivity (Wildman–Crippen MR) is 63.3 cm³/mol. The van der Waals surface area contributed by atoms with Crippen molar-refractivity contribution in [3.05, 3.63) is 0 Å². The van der Waals surface area contributed by atoms with E-state index in [2.05, 4.69) is 10.5 Å². The van der Waals surface area contributed by atoms with E-state index in [0.29, 0.717) is 18.6 Å². The zero-order valence-corrected chi connectivity index (χ0v) is 10.0. The molecule has 2 rings (SSSR count). The summed E-state index contributed by atoms with van der Waals surface area (Å²) in [4.78, 5) is 24.9. The van der Waals surface area contributed by atoms with Crippen LogP contribution in [0.1, 0.15) is 19.8 Å². The largest absolute Gasteiger partial charge is 0.333 e. The highest BCUT2D eigenvalue weighted by atomic mass is 32.2. The fourth-order valence-electron chi connectivity index (χ4n) is 1.82. The fourth-order valence-corrected chi connectivity index (χ4v) is 2.84. The Labute approximate surface area is 98.6 Å². The maximum absolute atomic E-state index is 12.1. The number of hydrogen-bond acceptors (Lipinski definition) is 4. The quantitative estimate of drug-likeness (QED) is 0.714. The second-order valence-corrected chi connectivity index (χ2v) is 5.17. The Morgan fingerprint density at radius 2 is 2.38 bits per heavy atom. The lowest BCUT2D eigenvalue weighted by atomic mass is 10.1. The zero-order valence-electron chi connectivity index (χ0n) is 9.23. The molecule has 0 aromatic carbocycles. The van der Waals surface area contributed by atoms with Gasteiger partial charge in [0.05, 0.1) is 0 Å². The molecule has 2 heterocycles. The highest BCUT2D eigenvalue weighted by Crippen LogP contribution is 2.17. The first-order valence-corrected chi connectivity index (χ1v) is 6.58. The molecular weight excluding hydrogens is 226 g/mol. The Hall–Kier alpha value is -1.04. The number of carbonyl (C=O) groups excluding carboxylic acids is 2. The molecule has 2 aliphatic rings. The van der Waals surface area contributed by atoms with Crippen molar-refractivity contribution >= 4 is 29.3 Å². The van der Waals surface area contributed by atoms with Crippen molar-refractivity contribution in [2.75, 3.05) is 18.1 Å². The highest BCUT2D eigenvalue weighted by molar-refractivity contribution is 7.99. The molecule has 5 nitrogen and oxygen atoms in total. The van der Waals surface area contributed by atoms with Gasteiger partial charge < -0.3 is 4.90 Å². The Bertz CT molecular complexity index is 343. The average molecular weight is 241 g/mol. The minimum absolute atomic E-state index is 0.0206. The van der Waals surface area contributed by atoms with E-state index in [4.69, 9.17) is 0 Å². The molecule has 0 aliphatic carbocycles. The molecule has 2 amide bonds. The normalized spacial score (nSPS) is 26.1. The molecular formula is C10H15N3O2S. The smallest absolute Gasteiger partial charge is 0.270 e. The summed E-state index contributed by atoms with van der Waals surface area (Å²) in [7, 11) is 0. The molecule has 0 bridgehead atoms. The minimum Gasteiger partial charge on any atom is -0.333 e. The number of nitrogens with one attached hydrogen (secondary N) is 1. The van der Waals surface area contributed by atoms with Crippen LogP contribution in [-0.2, 0) is 9.59 Å². The average Bonchev–Trinajstić information content (AvgIpc) is 2.30. The molecule has 0 saturated carbocycles. The molecule has 1 atom stereocenters. The Morgan fingerprint density at radius 1 is 1.56 bits per heavy atom. The van der Waals surface area contributed by atoms with E-state index in [0.717, 1.165) is 18.1 Å². The number of rotatable bonds is 1. The van der Waals surface area contributed by atoms with Crippen molar-refractivity contribution in [2.45, 2.75) is 25.8 Å². The second kappa shape index (κ2) is 4.86. The van der Waals surface area contributed by atoms with Gasteiger partial charge in [0, 0.05) is 36.9 Å². The van der Waals surface area contributed by atoms with Crippen molar-refractivity contribution in [2.24, 2.45) is 5.10 Å². The summed E-state index contributed by atoms with van der Waals surface area (Å²) in [6.07, 6.45) is 0.822. The van der Waals surface area contributed by atoms with Crippen LogP contribution in [-0.4, -0.2) is 46.5 Å². The third-order valence-corrected chi connectivity index (χ3v) is 3.97. The van der Waals surface area contributed by atoms with Crippen LogP contribution >= 0.6 is 11.8 Å². The monoisotopic (exact) mass is 241 g/mol. The van der Waals surface area contributed by atoms with Gasteiger partial charge in [-0.25, -0.2) is 5.43 Å². The van der Waals surface area contributed by atoms with Gasteiger partial charge in [0.1, 0.15) is 5.71 Å². The van der Waals surface area contributed by atoms with Crippen LogP contribution in [0, 0.1) is 0 Å². The van der Waals surface area contributed by atoms with E-state index in [-0.39, 0.29) is 17.9 Å². The summed E-state index contributed by atoms with van der Waals surface area (Å²) in [5.74, 6) is 1.83. The van der Waals surface area contributed by atoms with Crippen LogP contribution in [0.15, 0.2) is 5.10 Å². The first kappa shape index (κ1) is 11.4. The van der Waals surface area contributed by atoms with Crippen molar-refractivity contribution in [1.29, 1.82) is 0 Å². The van der Waals surface area contributed by atoms with Gasteiger partial charge in [0.25, 0.3) is 5.91 Å². The second-order valence-electron chi connectivity index (χ2n) is 4.02. The summed E-state index contributed by atoms with van der Waals surface area (Å²) in [5, 5.41) is 3.84. The van der Waals surface area contributed by atoms with Crippen molar-refractivity contribution in [3.63, 3.8) is 0 Å². The Kier molecular flexibility index (Phi) is 3.48. The van der Waals surface area contributed by atoms with Crippen molar-refractivity contribution < 1.29 is 9.59 Å². The van der Waals surface area contributed by atoms with E-state index in [9.17, 15) is 9.59 Å². The lowest BCUT2D eigenvalue weighted by Crippen LogP contribution is -2.48. The molecule has 0 aromatic rings. The number of nitrogens with zero attached hydrogens (tertiary/aromatic N) is 2. The maximum Gasteiger partial charge on any atom is 0.270 e. The van der Waals surface area contributed by atoms with Gasteiger partial charge in [-0.1, -0.05) is 0 Å². The number of amides is 2. The molecule has 2 aliphatic heterocycles. The topological polar surface area (TPSA) is 61.8 Å². The molecule has 0 spiro atoms. The standard InChI is InChI=1S/C10H15N3O2S/c1-7-6-16-5-4-13(7)10(15)8-2-3-9(14)12-11-8/h7H,2-6H2,1H3,(H,12,14). The first-order valence-electron chi connectivity index (χ1n) is 5.42. The van der Waals surface area contributed by atoms with E-state index in [1.807, 2.05) is 23.6 Å². The molecule has 1 unspecified atom stereocenters. The van der Waals surface area contributed by atoms with Gasteiger partial charge in [0.15, 0.2) is 0 Å². The van der Waals surface area contributed by atoms with Crippen LogP contribution in [0.4, 0.5) is 0 Å². The molecule has 0 aromatic heterocycles. The summed E-state index contributed by atoms with van der Waals surface area (Å²) in [6.45, 7) is 2.82. The van der Waals surface area contributed by atoms with E-state index in [1.165, 1.54) is 0 Å². The Morgan fingerprint density at radius 3 is 3.00 bits per heavy atom. The lowest BCUT2D eigenvalue weighted by molar-refractivity contribution is -0.125. The molecule has 0 radical (unpaired) electrons. The van der Waals surface area contributed by atoms with Gasteiger partial charge >= 0.3 is 0 Å². The van der Waals surface area contributed by atoms with Crippen LogP contribution in [0.2, 0.25) is 0 Å². The number of hydrogen-bond donors (Lipinski definition) is 1. The van der Waals surface area contributed by atoms with Gasteiger partial charge in [-0.15, -0.1) is 0 Å². The number of carbonyl (C=O) groups is 2. The van der Waals surface area contributed by atoms with Crippen molar-refractivity contribution in [1.82, 2.24) is 10.3 Å². The third kappa shape index (κ3) is 2.37. The predicted octanol–water partition coefficient (Wildman–Crippen LogP) is 0.216. The fraction of sp³-hybridized carbons (Fsp3) is 0.700. The highest BCUT2D eigenvalue weighted by Gasteiger charge is 2.28. The molecule has 1 saturated heterocycles. The van der Waals surface area contributed by atoms with E-state index < -0.39 is 0 Å².